The Balaban J connectivity index is 3.07. The predicted molar refractivity (Wildman–Crippen MR) is 81.6 cm³/mol. The van der Waals surface area contributed by atoms with E-state index < -0.39 is 4.92 Å². The number of nitrogens with zero attached hydrogens (tertiary/aromatic N) is 3. The van der Waals surface area contributed by atoms with Crippen LogP contribution in [0, 0.1) is 16.0 Å². The van der Waals surface area contributed by atoms with E-state index in [1.165, 1.54) is 6.33 Å². The summed E-state index contributed by atoms with van der Waals surface area (Å²) in [5.74, 6) is 0.690. The molecule has 8 heteroatoms. The third-order valence-electron chi connectivity index (χ3n) is 3.02. The highest BCUT2D eigenvalue weighted by Gasteiger charge is 2.25. The van der Waals surface area contributed by atoms with Gasteiger partial charge in [-0.25, -0.2) is 9.97 Å². The standard InChI is InChI=1S/C13H23N5O3/c1-5-6-14-12-11(18(19)20)13(16-8-15-12)17-10(7-21-4)9(2)3/h8-10H,5-7H2,1-4H3,(H2,14,15,16,17). The number of nitrogens with one attached hydrogen (secondary N) is 2. The summed E-state index contributed by atoms with van der Waals surface area (Å²) in [5.41, 5.74) is -0.132. The van der Waals surface area contributed by atoms with Crippen molar-refractivity contribution in [2.75, 3.05) is 30.9 Å². The van der Waals surface area contributed by atoms with Crippen LogP contribution < -0.4 is 10.6 Å². The minimum absolute atomic E-state index is 0.0670. The average Bonchev–Trinajstić information content (AvgIpc) is 2.44. The molecule has 0 spiro atoms. The fraction of sp³-hybridized carbons (Fsp3) is 0.692. The van der Waals surface area contributed by atoms with Gasteiger partial charge in [-0.3, -0.25) is 10.1 Å². The van der Waals surface area contributed by atoms with E-state index in [4.69, 9.17) is 4.74 Å². The minimum Gasteiger partial charge on any atom is -0.383 e. The zero-order valence-electron chi connectivity index (χ0n) is 12.9. The summed E-state index contributed by atoms with van der Waals surface area (Å²) in [7, 11) is 1.60. The molecule has 0 saturated carbocycles. The Hall–Kier alpha value is -1.96. The van der Waals surface area contributed by atoms with Gasteiger partial charge in [-0.1, -0.05) is 20.8 Å². The predicted octanol–water partition coefficient (Wildman–Crippen LogP) is 2.29. The first-order chi connectivity index (χ1) is 10.0. The molecule has 21 heavy (non-hydrogen) atoms. The highest BCUT2D eigenvalue weighted by Crippen LogP contribution is 2.29. The van der Waals surface area contributed by atoms with Crippen molar-refractivity contribution in [1.29, 1.82) is 0 Å². The van der Waals surface area contributed by atoms with Crippen molar-refractivity contribution in [3.63, 3.8) is 0 Å². The molecule has 0 aliphatic rings. The molecular formula is C13H23N5O3. The van der Waals surface area contributed by atoms with E-state index in [1.807, 2.05) is 20.8 Å². The lowest BCUT2D eigenvalue weighted by Gasteiger charge is -2.22. The van der Waals surface area contributed by atoms with Gasteiger partial charge >= 0.3 is 5.69 Å². The highest BCUT2D eigenvalue weighted by molar-refractivity contribution is 5.69. The maximum atomic E-state index is 11.3. The second-order valence-corrected chi connectivity index (χ2v) is 5.05. The Morgan fingerprint density at radius 3 is 2.57 bits per heavy atom. The topological polar surface area (TPSA) is 102 Å². The Labute approximate surface area is 124 Å². The molecule has 1 atom stereocenters. The van der Waals surface area contributed by atoms with Crippen LogP contribution in [-0.4, -0.2) is 41.2 Å². The molecule has 1 heterocycles. The van der Waals surface area contributed by atoms with Crippen molar-refractivity contribution in [1.82, 2.24) is 9.97 Å². The second kappa shape index (κ2) is 8.35. The summed E-state index contributed by atoms with van der Waals surface area (Å²) in [6.07, 6.45) is 2.17. The fourth-order valence-electron chi connectivity index (χ4n) is 1.79. The molecule has 1 rings (SSSR count). The maximum Gasteiger partial charge on any atom is 0.353 e. The summed E-state index contributed by atoms with van der Waals surface area (Å²) >= 11 is 0. The number of rotatable bonds is 9. The van der Waals surface area contributed by atoms with Gasteiger partial charge in [0.05, 0.1) is 17.6 Å². The van der Waals surface area contributed by atoms with Crippen LogP contribution in [0.3, 0.4) is 0 Å². The molecule has 0 bridgehead atoms. The molecule has 1 unspecified atom stereocenters. The van der Waals surface area contributed by atoms with E-state index in [0.717, 1.165) is 6.42 Å². The molecule has 0 aliphatic carbocycles. The van der Waals surface area contributed by atoms with Crippen molar-refractivity contribution < 1.29 is 9.66 Å². The van der Waals surface area contributed by atoms with Crippen molar-refractivity contribution in [2.24, 2.45) is 5.92 Å². The lowest BCUT2D eigenvalue weighted by molar-refractivity contribution is -0.383. The second-order valence-electron chi connectivity index (χ2n) is 5.05. The summed E-state index contributed by atoms with van der Waals surface area (Å²) in [6, 6.07) is -0.0670. The molecule has 1 aromatic heterocycles. The van der Waals surface area contributed by atoms with Crippen LogP contribution in [0.15, 0.2) is 6.33 Å². The average molecular weight is 297 g/mol. The Bertz CT molecular complexity index is 467. The third-order valence-corrected chi connectivity index (χ3v) is 3.02. The molecule has 2 N–H and O–H groups in total. The zero-order valence-corrected chi connectivity index (χ0v) is 12.9. The number of anilines is 2. The first-order valence-corrected chi connectivity index (χ1v) is 6.99. The first kappa shape index (κ1) is 17.1. The Morgan fingerprint density at radius 2 is 2.05 bits per heavy atom. The van der Waals surface area contributed by atoms with Crippen LogP contribution in [0.4, 0.5) is 17.3 Å². The van der Waals surface area contributed by atoms with Crippen LogP contribution in [0.2, 0.25) is 0 Å². The molecule has 0 amide bonds. The number of hydrogen-bond donors (Lipinski definition) is 2. The van der Waals surface area contributed by atoms with Crippen LogP contribution in [0.5, 0.6) is 0 Å². The lowest BCUT2D eigenvalue weighted by Crippen LogP contribution is -2.31. The van der Waals surface area contributed by atoms with Gasteiger partial charge in [0.1, 0.15) is 6.33 Å². The molecule has 0 saturated heterocycles. The summed E-state index contributed by atoms with van der Waals surface area (Å²) in [5, 5.41) is 17.4. The number of ether oxygens (including phenoxy) is 1. The van der Waals surface area contributed by atoms with Gasteiger partial charge in [0.15, 0.2) is 0 Å². The Morgan fingerprint density at radius 1 is 1.38 bits per heavy atom. The zero-order chi connectivity index (χ0) is 15.8. The van der Waals surface area contributed by atoms with Crippen LogP contribution in [-0.2, 0) is 4.74 Å². The lowest BCUT2D eigenvalue weighted by atomic mass is 10.1. The van der Waals surface area contributed by atoms with Crippen LogP contribution >= 0.6 is 0 Å². The van der Waals surface area contributed by atoms with E-state index in [2.05, 4.69) is 20.6 Å². The highest BCUT2D eigenvalue weighted by atomic mass is 16.6. The van der Waals surface area contributed by atoms with Crippen LogP contribution in [0.1, 0.15) is 27.2 Å². The molecule has 0 fully saturated rings. The minimum atomic E-state index is -0.468. The first-order valence-electron chi connectivity index (χ1n) is 6.99. The van der Waals surface area contributed by atoms with Gasteiger partial charge < -0.3 is 15.4 Å². The van der Waals surface area contributed by atoms with E-state index in [-0.39, 0.29) is 29.3 Å². The van der Waals surface area contributed by atoms with E-state index in [0.29, 0.717) is 13.2 Å². The van der Waals surface area contributed by atoms with Crippen LogP contribution in [0.25, 0.3) is 0 Å². The summed E-state index contributed by atoms with van der Waals surface area (Å²) in [6.45, 7) is 7.06. The van der Waals surface area contributed by atoms with Crippen molar-refractivity contribution in [3.8, 4) is 0 Å². The van der Waals surface area contributed by atoms with Gasteiger partial charge in [0, 0.05) is 13.7 Å². The smallest absolute Gasteiger partial charge is 0.353 e. The Kier molecular flexibility index (Phi) is 6.80. The van der Waals surface area contributed by atoms with Crippen molar-refractivity contribution in [2.45, 2.75) is 33.2 Å². The number of methoxy groups -OCH3 is 1. The van der Waals surface area contributed by atoms with Crippen molar-refractivity contribution in [3.05, 3.63) is 16.4 Å². The fourth-order valence-corrected chi connectivity index (χ4v) is 1.79. The van der Waals surface area contributed by atoms with E-state index >= 15 is 0 Å². The quantitative estimate of drug-likeness (QED) is 0.532. The molecule has 0 aliphatic heterocycles. The van der Waals surface area contributed by atoms with Gasteiger partial charge in [0.2, 0.25) is 11.6 Å². The van der Waals surface area contributed by atoms with E-state index in [1.54, 1.807) is 7.11 Å². The summed E-state index contributed by atoms with van der Waals surface area (Å²) < 4.78 is 5.14. The third kappa shape index (κ3) is 4.82. The van der Waals surface area contributed by atoms with E-state index in [9.17, 15) is 10.1 Å². The summed E-state index contributed by atoms with van der Waals surface area (Å²) in [4.78, 5) is 18.8. The molecule has 0 aromatic carbocycles. The monoisotopic (exact) mass is 297 g/mol. The molecule has 118 valence electrons. The molecule has 8 nitrogen and oxygen atoms in total. The van der Waals surface area contributed by atoms with Gasteiger partial charge in [-0.2, -0.15) is 0 Å². The largest absolute Gasteiger partial charge is 0.383 e. The van der Waals surface area contributed by atoms with Gasteiger partial charge in [-0.15, -0.1) is 0 Å². The van der Waals surface area contributed by atoms with Gasteiger partial charge in [0.25, 0.3) is 0 Å². The number of hydrogen-bond acceptors (Lipinski definition) is 7. The van der Waals surface area contributed by atoms with Crippen molar-refractivity contribution >= 4 is 17.3 Å². The number of aromatic nitrogens is 2. The SMILES string of the molecule is CCCNc1ncnc(NC(COC)C(C)C)c1[N+](=O)[O-]. The normalized spacial score (nSPS) is 12.2. The number of nitro groups is 1. The van der Waals surface area contributed by atoms with Gasteiger partial charge in [-0.05, 0) is 12.3 Å². The molecule has 1 aromatic rings. The molecule has 0 radical (unpaired) electrons. The maximum absolute atomic E-state index is 11.3. The molecular weight excluding hydrogens is 274 g/mol.